The zero-order valence-corrected chi connectivity index (χ0v) is 17.1. The fraction of sp³-hybridized carbons (Fsp3) is 0.435. The third-order valence-electron chi connectivity index (χ3n) is 5.92. The Labute approximate surface area is 171 Å². The molecule has 1 atom stereocenters. The molecule has 1 fully saturated rings. The normalized spacial score (nSPS) is 16.2. The van der Waals surface area contributed by atoms with Crippen LogP contribution in [0.25, 0.3) is 11.0 Å². The van der Waals surface area contributed by atoms with Crippen LogP contribution in [0, 0.1) is 5.41 Å². The van der Waals surface area contributed by atoms with Gasteiger partial charge in [0.2, 0.25) is 5.62 Å². The summed E-state index contributed by atoms with van der Waals surface area (Å²) in [5.41, 5.74) is 3.30. The molecule has 3 aromatic rings. The van der Waals surface area contributed by atoms with Gasteiger partial charge < -0.3 is 23.9 Å². The van der Waals surface area contributed by atoms with Crippen LogP contribution in [0.1, 0.15) is 30.9 Å². The molecule has 0 aliphatic carbocycles. The Balaban J connectivity index is 1.58. The van der Waals surface area contributed by atoms with Crippen molar-refractivity contribution in [2.45, 2.75) is 38.5 Å². The number of nitrogens with zero attached hydrogens (tertiary/aromatic N) is 3. The third kappa shape index (κ3) is 4.23. The molecule has 4 rings (SSSR count). The molecular formula is C23H30N4O2. The van der Waals surface area contributed by atoms with Gasteiger partial charge in [-0.25, -0.2) is 0 Å². The lowest BCUT2D eigenvalue weighted by Gasteiger charge is -2.26. The van der Waals surface area contributed by atoms with Crippen LogP contribution in [0.3, 0.4) is 0 Å². The van der Waals surface area contributed by atoms with Crippen molar-refractivity contribution < 1.29 is 9.84 Å². The Hall–Kier alpha value is -2.57. The minimum atomic E-state index is -0.684. The summed E-state index contributed by atoms with van der Waals surface area (Å²) in [6, 6.07) is 15.6. The second-order valence-corrected chi connectivity index (χ2v) is 7.77. The van der Waals surface area contributed by atoms with E-state index in [-0.39, 0.29) is 0 Å². The van der Waals surface area contributed by atoms with Gasteiger partial charge in [0.15, 0.2) is 0 Å². The fourth-order valence-electron chi connectivity index (χ4n) is 4.23. The number of methoxy groups -OCH3 is 1. The van der Waals surface area contributed by atoms with Crippen LogP contribution in [-0.2, 0) is 13.1 Å². The number of fused-ring (bicyclic) bond motifs is 1. The van der Waals surface area contributed by atoms with Gasteiger partial charge in [0.25, 0.3) is 0 Å². The second kappa shape index (κ2) is 8.84. The van der Waals surface area contributed by atoms with Crippen molar-refractivity contribution in [1.29, 1.82) is 5.41 Å². The minimum Gasteiger partial charge on any atom is -0.497 e. The van der Waals surface area contributed by atoms with Crippen LogP contribution in [-0.4, -0.2) is 45.9 Å². The zero-order chi connectivity index (χ0) is 20.2. The number of imidazole rings is 1. The van der Waals surface area contributed by atoms with Crippen molar-refractivity contribution in [3.05, 3.63) is 59.7 Å². The number of hydrogen-bond acceptors (Lipinski definition) is 4. The van der Waals surface area contributed by atoms with E-state index in [4.69, 9.17) is 10.1 Å². The van der Waals surface area contributed by atoms with Gasteiger partial charge in [-0.15, -0.1) is 0 Å². The van der Waals surface area contributed by atoms with Crippen molar-refractivity contribution in [3.8, 4) is 5.75 Å². The quantitative estimate of drug-likeness (QED) is 0.647. The Bertz CT molecular complexity index is 1000. The number of rotatable bonds is 7. The van der Waals surface area contributed by atoms with E-state index in [1.165, 1.54) is 19.3 Å². The Morgan fingerprint density at radius 1 is 0.931 bits per heavy atom. The lowest BCUT2D eigenvalue weighted by atomic mass is 10.1. The van der Waals surface area contributed by atoms with Gasteiger partial charge >= 0.3 is 0 Å². The van der Waals surface area contributed by atoms with Gasteiger partial charge in [-0.1, -0.05) is 30.7 Å². The van der Waals surface area contributed by atoms with E-state index >= 15 is 0 Å². The monoisotopic (exact) mass is 394 g/mol. The molecule has 0 spiro atoms. The first-order valence-corrected chi connectivity index (χ1v) is 10.4. The Morgan fingerprint density at radius 2 is 1.59 bits per heavy atom. The molecule has 1 aliphatic rings. The molecule has 0 unspecified atom stereocenters. The topological polar surface area (TPSA) is 66.4 Å². The van der Waals surface area contributed by atoms with Crippen molar-refractivity contribution in [3.63, 3.8) is 0 Å². The average molecular weight is 395 g/mol. The first-order chi connectivity index (χ1) is 14.2. The van der Waals surface area contributed by atoms with E-state index in [1.54, 1.807) is 7.11 Å². The van der Waals surface area contributed by atoms with E-state index in [2.05, 4.69) is 15.5 Å². The summed E-state index contributed by atoms with van der Waals surface area (Å²) in [6.45, 7) is 4.42. The second-order valence-electron chi connectivity index (χ2n) is 7.77. The third-order valence-corrected chi connectivity index (χ3v) is 5.92. The number of aromatic nitrogens is 2. The van der Waals surface area contributed by atoms with Gasteiger partial charge in [0.1, 0.15) is 5.75 Å². The summed E-state index contributed by atoms with van der Waals surface area (Å²) >= 11 is 0. The Kier molecular flexibility index (Phi) is 6.02. The molecule has 6 heteroatoms. The maximum absolute atomic E-state index is 10.8. The van der Waals surface area contributed by atoms with Gasteiger partial charge in [-0.05, 0) is 55.8 Å². The number of para-hydroxylation sites is 2. The average Bonchev–Trinajstić information content (AvgIpc) is 3.04. The van der Waals surface area contributed by atoms with Crippen molar-refractivity contribution in [2.75, 3.05) is 26.7 Å². The Morgan fingerprint density at radius 3 is 2.24 bits per heavy atom. The summed E-state index contributed by atoms with van der Waals surface area (Å²) in [7, 11) is 1.63. The lowest BCUT2D eigenvalue weighted by molar-refractivity contribution is 0.155. The number of ether oxygens (including phenoxy) is 1. The molecule has 0 bridgehead atoms. The predicted molar refractivity (Wildman–Crippen MR) is 114 cm³/mol. The molecule has 1 aliphatic heterocycles. The highest BCUT2D eigenvalue weighted by Crippen LogP contribution is 2.21. The largest absolute Gasteiger partial charge is 0.497 e. The number of benzene rings is 2. The van der Waals surface area contributed by atoms with E-state index in [0.717, 1.165) is 48.5 Å². The molecule has 2 heterocycles. The molecular weight excluding hydrogens is 364 g/mol. The van der Waals surface area contributed by atoms with Gasteiger partial charge in [-0.3, -0.25) is 5.41 Å². The number of likely N-dealkylation sites (tertiary alicyclic amines) is 1. The maximum Gasteiger partial charge on any atom is 0.203 e. The first-order valence-electron chi connectivity index (χ1n) is 10.4. The van der Waals surface area contributed by atoms with E-state index in [0.29, 0.717) is 12.2 Å². The lowest BCUT2D eigenvalue weighted by Crippen LogP contribution is -2.35. The van der Waals surface area contributed by atoms with Gasteiger partial charge in [0, 0.05) is 13.1 Å². The summed E-state index contributed by atoms with van der Waals surface area (Å²) in [5.74, 6) is 0.768. The molecule has 6 nitrogen and oxygen atoms in total. The highest BCUT2D eigenvalue weighted by Gasteiger charge is 2.16. The predicted octanol–water partition coefficient (Wildman–Crippen LogP) is 3.15. The summed E-state index contributed by atoms with van der Waals surface area (Å²) in [6.07, 6.45) is 3.19. The standard InChI is InChI=1S/C23H30N4O2/c1-29-19-11-9-18(10-12-19)22(28)17-27-21-8-4-3-7-20(21)26(23(27)24)16-15-25-13-5-2-6-14-25/h3-4,7-12,22,24,28H,2,5-6,13-17H2,1H3/t22-/m1/s1. The maximum atomic E-state index is 10.8. The van der Waals surface area contributed by atoms with Crippen molar-refractivity contribution in [1.82, 2.24) is 14.0 Å². The smallest absolute Gasteiger partial charge is 0.203 e. The zero-order valence-electron chi connectivity index (χ0n) is 17.1. The summed E-state index contributed by atoms with van der Waals surface area (Å²) in [5, 5.41) is 19.6. The molecule has 1 aromatic heterocycles. The van der Waals surface area contributed by atoms with Gasteiger partial charge in [-0.2, -0.15) is 0 Å². The highest BCUT2D eigenvalue weighted by molar-refractivity contribution is 5.75. The van der Waals surface area contributed by atoms with Crippen LogP contribution in [0.15, 0.2) is 48.5 Å². The van der Waals surface area contributed by atoms with Crippen LogP contribution < -0.4 is 10.4 Å². The summed E-state index contributed by atoms with van der Waals surface area (Å²) < 4.78 is 9.19. The molecule has 154 valence electrons. The number of aliphatic hydroxyl groups is 1. The number of aliphatic hydroxyl groups excluding tert-OH is 1. The number of nitrogens with one attached hydrogen (secondary N) is 1. The van der Waals surface area contributed by atoms with Crippen LogP contribution >= 0.6 is 0 Å². The molecule has 29 heavy (non-hydrogen) atoms. The van der Waals surface area contributed by atoms with E-state index < -0.39 is 6.10 Å². The van der Waals surface area contributed by atoms with Gasteiger partial charge in [0.05, 0.1) is 30.8 Å². The van der Waals surface area contributed by atoms with E-state index in [9.17, 15) is 5.11 Å². The SMILES string of the molecule is COc1ccc([C@H](O)Cn2c(=N)n(CCN3CCCCC3)c3ccccc32)cc1. The fourth-order valence-corrected chi connectivity index (χ4v) is 4.23. The van der Waals surface area contributed by atoms with E-state index in [1.807, 2.05) is 47.0 Å². The molecule has 0 radical (unpaired) electrons. The molecule has 2 N–H and O–H groups in total. The highest BCUT2D eigenvalue weighted by atomic mass is 16.5. The number of hydrogen-bond donors (Lipinski definition) is 2. The van der Waals surface area contributed by atoms with Crippen LogP contribution in [0.5, 0.6) is 5.75 Å². The molecule has 1 saturated heterocycles. The first kappa shape index (κ1) is 19.7. The van der Waals surface area contributed by atoms with Crippen molar-refractivity contribution in [2.24, 2.45) is 0 Å². The number of piperidine rings is 1. The van der Waals surface area contributed by atoms with Crippen LogP contribution in [0.2, 0.25) is 0 Å². The van der Waals surface area contributed by atoms with Crippen molar-refractivity contribution >= 4 is 11.0 Å². The van der Waals surface area contributed by atoms with Crippen LogP contribution in [0.4, 0.5) is 0 Å². The summed E-state index contributed by atoms with van der Waals surface area (Å²) in [4.78, 5) is 2.49. The molecule has 0 amide bonds. The molecule has 2 aromatic carbocycles. The molecule has 0 saturated carbocycles. The minimum absolute atomic E-state index is 0.350.